The second-order valence-electron chi connectivity index (χ2n) is 11.5. The third-order valence-corrected chi connectivity index (χ3v) is 9.72. The molecule has 0 aromatic heterocycles. The molecule has 0 radical (unpaired) electrons. The molecule has 0 aromatic carbocycles. The Morgan fingerprint density at radius 2 is 1.78 bits per heavy atom. The van der Waals surface area contributed by atoms with Gasteiger partial charge in [-0.25, -0.2) is 8.78 Å². The SMILES string of the molecule is CCC(=O)OCC(=O)[C@@]1(OC(=O)CC)[C@@H](C)C[C@H]2[C@@H]3C[C@H](F)C4=C(F)C(=O)C=C[C@]4(C)[C@H]3[C@@H](O)C[C@@]21C. The van der Waals surface area contributed by atoms with E-state index < -0.39 is 82.4 Å². The van der Waals surface area contributed by atoms with E-state index in [1.807, 2.05) is 0 Å². The first-order valence-electron chi connectivity index (χ1n) is 13.1. The Labute approximate surface area is 215 Å². The molecule has 9 atom stereocenters. The highest BCUT2D eigenvalue weighted by molar-refractivity contribution is 6.04. The highest BCUT2D eigenvalue weighted by atomic mass is 19.1. The first-order valence-corrected chi connectivity index (χ1v) is 13.1. The van der Waals surface area contributed by atoms with Gasteiger partial charge in [-0.3, -0.25) is 19.2 Å². The van der Waals surface area contributed by atoms with Gasteiger partial charge in [0.05, 0.1) is 6.10 Å². The van der Waals surface area contributed by atoms with Crippen LogP contribution in [0.15, 0.2) is 23.6 Å². The fraction of sp³-hybridized carbons (Fsp3) is 0.714. The van der Waals surface area contributed by atoms with E-state index in [9.17, 15) is 28.7 Å². The number of halogens is 2. The van der Waals surface area contributed by atoms with Crippen molar-refractivity contribution < 1.29 is 42.5 Å². The van der Waals surface area contributed by atoms with Crippen molar-refractivity contribution in [2.45, 2.75) is 84.6 Å². The van der Waals surface area contributed by atoms with Gasteiger partial charge in [0, 0.05) is 41.1 Å². The number of ketones is 2. The fourth-order valence-electron chi connectivity index (χ4n) is 8.23. The van der Waals surface area contributed by atoms with E-state index in [-0.39, 0.29) is 37.2 Å². The maximum Gasteiger partial charge on any atom is 0.306 e. The zero-order valence-electron chi connectivity index (χ0n) is 22.0. The molecule has 3 saturated carbocycles. The lowest BCUT2D eigenvalue weighted by Gasteiger charge is -2.60. The zero-order chi connectivity index (χ0) is 27.5. The van der Waals surface area contributed by atoms with Gasteiger partial charge in [-0.05, 0) is 37.2 Å². The number of rotatable bonds is 6. The molecule has 204 valence electrons. The van der Waals surface area contributed by atoms with Gasteiger partial charge >= 0.3 is 11.9 Å². The Kier molecular flexibility index (Phi) is 7.01. The molecule has 4 rings (SSSR count). The molecule has 1 N–H and O–H groups in total. The van der Waals surface area contributed by atoms with Gasteiger partial charge in [0.2, 0.25) is 11.6 Å². The molecule has 0 bridgehead atoms. The van der Waals surface area contributed by atoms with Crippen molar-refractivity contribution in [1.82, 2.24) is 0 Å². The number of aliphatic hydroxyl groups is 1. The van der Waals surface area contributed by atoms with Gasteiger partial charge < -0.3 is 14.6 Å². The van der Waals surface area contributed by atoms with E-state index in [0.717, 1.165) is 6.08 Å². The zero-order valence-corrected chi connectivity index (χ0v) is 22.0. The van der Waals surface area contributed by atoms with Gasteiger partial charge in [0.15, 0.2) is 18.0 Å². The van der Waals surface area contributed by atoms with E-state index >= 15 is 4.39 Å². The van der Waals surface area contributed by atoms with Crippen LogP contribution in [0.5, 0.6) is 0 Å². The minimum absolute atomic E-state index is 0.0166. The molecule has 7 nitrogen and oxygen atoms in total. The topological polar surface area (TPSA) is 107 Å². The summed E-state index contributed by atoms with van der Waals surface area (Å²) >= 11 is 0. The van der Waals surface area contributed by atoms with Crippen molar-refractivity contribution in [2.24, 2.45) is 34.5 Å². The number of alkyl halides is 1. The second kappa shape index (κ2) is 9.40. The molecule has 0 spiro atoms. The Bertz CT molecular complexity index is 1080. The summed E-state index contributed by atoms with van der Waals surface area (Å²) in [6, 6.07) is 0. The lowest BCUT2D eigenvalue weighted by atomic mass is 9.45. The van der Waals surface area contributed by atoms with Crippen molar-refractivity contribution in [3.05, 3.63) is 23.6 Å². The van der Waals surface area contributed by atoms with Crippen LogP contribution in [0.25, 0.3) is 0 Å². The molecule has 37 heavy (non-hydrogen) atoms. The average molecular weight is 523 g/mol. The quantitative estimate of drug-likeness (QED) is 0.526. The van der Waals surface area contributed by atoms with Gasteiger partial charge in [0.25, 0.3) is 0 Å². The molecule has 0 amide bonds. The third kappa shape index (κ3) is 3.82. The number of aliphatic hydroxyl groups excluding tert-OH is 1. The molecule has 3 fully saturated rings. The van der Waals surface area contributed by atoms with Crippen LogP contribution in [0.3, 0.4) is 0 Å². The van der Waals surface area contributed by atoms with Crippen LogP contribution in [0.2, 0.25) is 0 Å². The number of hydrogen-bond acceptors (Lipinski definition) is 7. The normalized spacial score (nSPS) is 42.5. The smallest absolute Gasteiger partial charge is 0.306 e. The van der Waals surface area contributed by atoms with Crippen LogP contribution in [0, 0.1) is 34.5 Å². The minimum Gasteiger partial charge on any atom is -0.457 e. The monoisotopic (exact) mass is 522 g/mol. The minimum atomic E-state index is -1.74. The highest BCUT2D eigenvalue weighted by Gasteiger charge is 2.73. The van der Waals surface area contributed by atoms with Crippen LogP contribution < -0.4 is 0 Å². The molecule has 0 aliphatic heterocycles. The Morgan fingerprint density at radius 3 is 2.41 bits per heavy atom. The predicted molar refractivity (Wildman–Crippen MR) is 128 cm³/mol. The summed E-state index contributed by atoms with van der Waals surface area (Å²) in [5.41, 5.74) is -4.20. The lowest BCUT2D eigenvalue weighted by Crippen LogP contribution is -2.65. The predicted octanol–water partition coefficient (Wildman–Crippen LogP) is 3.97. The van der Waals surface area contributed by atoms with E-state index in [1.165, 1.54) is 6.08 Å². The number of fused-ring (bicyclic) bond motifs is 5. The Hall–Kier alpha value is -2.42. The molecule has 0 heterocycles. The number of ether oxygens (including phenoxy) is 2. The van der Waals surface area contributed by atoms with Gasteiger partial charge in [-0.1, -0.05) is 40.7 Å². The summed E-state index contributed by atoms with van der Waals surface area (Å²) in [5.74, 6) is -5.63. The van der Waals surface area contributed by atoms with Crippen LogP contribution in [0.4, 0.5) is 8.78 Å². The fourth-order valence-corrected chi connectivity index (χ4v) is 8.23. The average Bonchev–Trinajstić information content (AvgIpc) is 3.06. The Balaban J connectivity index is 1.80. The summed E-state index contributed by atoms with van der Waals surface area (Å²) in [6.45, 7) is 7.85. The number of Topliss-reactive ketones (excluding diaryl/α,β-unsaturated/α-hetero) is 1. The molecular weight excluding hydrogens is 486 g/mol. The van der Waals surface area contributed by atoms with Crippen molar-refractivity contribution in [1.29, 1.82) is 0 Å². The van der Waals surface area contributed by atoms with E-state index in [4.69, 9.17) is 9.47 Å². The number of carbonyl (C=O) groups is 4. The molecule has 4 aliphatic carbocycles. The third-order valence-electron chi connectivity index (χ3n) is 9.72. The standard InChI is InChI=1S/C28H36F2O7/c1-6-21(34)36-13-20(33)28(37-22(35)7-2)14(3)10-16-15-11-17(29)24-25(30)18(31)8-9-26(24,4)23(15)19(32)12-27(16,28)5/h8-9,14-17,19,23,32H,6-7,10-13H2,1-5H3/t14-,15-,16-,17-,19-,23+,26+,27-,28-/m0/s1. The van der Waals surface area contributed by atoms with E-state index in [1.54, 1.807) is 34.6 Å². The summed E-state index contributed by atoms with van der Waals surface area (Å²) in [6.07, 6.45) is 0.184. The van der Waals surface area contributed by atoms with Crippen LogP contribution >= 0.6 is 0 Å². The molecule has 0 unspecified atom stereocenters. The summed E-state index contributed by atoms with van der Waals surface area (Å²) in [4.78, 5) is 50.3. The molecule has 9 heteroatoms. The van der Waals surface area contributed by atoms with Crippen molar-refractivity contribution in [3.8, 4) is 0 Å². The van der Waals surface area contributed by atoms with Crippen molar-refractivity contribution in [3.63, 3.8) is 0 Å². The number of allylic oxidation sites excluding steroid dienone is 4. The number of esters is 2. The Morgan fingerprint density at radius 1 is 1.14 bits per heavy atom. The maximum atomic E-state index is 15.7. The highest BCUT2D eigenvalue weighted by Crippen LogP contribution is 2.69. The van der Waals surface area contributed by atoms with Gasteiger partial charge in [0.1, 0.15) is 6.17 Å². The second-order valence-corrected chi connectivity index (χ2v) is 11.5. The maximum absolute atomic E-state index is 15.7. The van der Waals surface area contributed by atoms with Crippen molar-refractivity contribution >= 4 is 23.5 Å². The van der Waals surface area contributed by atoms with Gasteiger partial charge in [-0.15, -0.1) is 0 Å². The van der Waals surface area contributed by atoms with Crippen molar-refractivity contribution in [2.75, 3.05) is 6.61 Å². The summed E-state index contributed by atoms with van der Waals surface area (Å²) < 4.78 is 41.7. The number of hydrogen-bond donors (Lipinski definition) is 1. The van der Waals surface area contributed by atoms with Crippen LogP contribution in [-0.4, -0.2) is 53.1 Å². The van der Waals surface area contributed by atoms with E-state index in [0.29, 0.717) is 6.42 Å². The summed E-state index contributed by atoms with van der Waals surface area (Å²) in [5, 5.41) is 11.6. The molecular formula is C28H36F2O7. The van der Waals surface area contributed by atoms with Crippen LogP contribution in [0.1, 0.15) is 66.7 Å². The lowest BCUT2D eigenvalue weighted by molar-refractivity contribution is -0.207. The first-order chi connectivity index (χ1) is 17.3. The first kappa shape index (κ1) is 27.6. The van der Waals surface area contributed by atoms with E-state index in [2.05, 4.69) is 0 Å². The summed E-state index contributed by atoms with van der Waals surface area (Å²) in [7, 11) is 0. The number of carbonyl (C=O) groups excluding carboxylic acids is 4. The van der Waals surface area contributed by atoms with Crippen LogP contribution in [-0.2, 0) is 28.7 Å². The molecule has 4 aliphatic rings. The largest absolute Gasteiger partial charge is 0.457 e. The van der Waals surface area contributed by atoms with Gasteiger partial charge in [-0.2, -0.15) is 0 Å². The molecule has 0 aromatic rings. The molecule has 0 saturated heterocycles.